The van der Waals surface area contributed by atoms with E-state index in [-0.39, 0.29) is 5.92 Å². The van der Waals surface area contributed by atoms with E-state index in [9.17, 15) is 5.26 Å². The van der Waals surface area contributed by atoms with Crippen LogP contribution in [0.15, 0.2) is 48.7 Å². The second-order valence-corrected chi connectivity index (χ2v) is 4.88. The number of fused-ring (bicyclic) bond motifs is 1. The van der Waals surface area contributed by atoms with Gasteiger partial charge in [0.1, 0.15) is 5.75 Å². The Bertz CT molecular complexity index is 812. The summed E-state index contributed by atoms with van der Waals surface area (Å²) in [5.41, 5.74) is 9.26. The summed E-state index contributed by atoms with van der Waals surface area (Å²) in [5, 5.41) is 10.6. The Morgan fingerprint density at radius 2 is 1.95 bits per heavy atom. The Hall–Kier alpha value is -2.93. The molecule has 0 radical (unpaired) electrons. The van der Waals surface area contributed by atoms with Crippen molar-refractivity contribution in [3.63, 3.8) is 0 Å². The van der Waals surface area contributed by atoms with Crippen LogP contribution in [-0.2, 0) is 0 Å². The Kier molecular flexibility index (Phi) is 3.25. The first-order chi connectivity index (χ1) is 10.2. The number of H-pyrrole nitrogens is 1. The fraction of sp³-hybridized carbons (Fsp3) is 0.118. The van der Waals surface area contributed by atoms with Crippen LogP contribution >= 0.6 is 0 Å². The van der Waals surface area contributed by atoms with Gasteiger partial charge in [-0.2, -0.15) is 5.26 Å². The molecule has 2 aromatic carbocycles. The largest absolute Gasteiger partial charge is 0.497 e. The zero-order valence-corrected chi connectivity index (χ0v) is 11.6. The van der Waals surface area contributed by atoms with Crippen molar-refractivity contribution < 1.29 is 4.74 Å². The predicted octanol–water partition coefficient (Wildman–Crippen LogP) is 3.41. The number of nitrogens with two attached hydrogens (primary N) is 1. The van der Waals surface area contributed by atoms with Gasteiger partial charge in [0.2, 0.25) is 0 Å². The summed E-state index contributed by atoms with van der Waals surface area (Å²) < 4.78 is 5.27. The van der Waals surface area contributed by atoms with Gasteiger partial charge in [-0.3, -0.25) is 0 Å². The zero-order chi connectivity index (χ0) is 14.8. The van der Waals surface area contributed by atoms with Gasteiger partial charge in [0.25, 0.3) is 0 Å². The summed E-state index contributed by atoms with van der Waals surface area (Å²) in [5.74, 6) is 0.434. The molecule has 3 aromatic rings. The molecule has 0 bridgehead atoms. The monoisotopic (exact) mass is 277 g/mol. The SMILES string of the molecule is COc1ccc2[nH]cc(C(C#N)c3ccc(N)cc3)c2c1. The number of nitrogens with zero attached hydrogens (tertiary/aromatic N) is 1. The number of aromatic amines is 1. The smallest absolute Gasteiger partial charge is 0.119 e. The van der Waals surface area contributed by atoms with Crippen molar-refractivity contribution in [2.24, 2.45) is 0 Å². The van der Waals surface area contributed by atoms with E-state index in [2.05, 4.69) is 11.1 Å². The van der Waals surface area contributed by atoms with E-state index in [1.54, 1.807) is 7.11 Å². The van der Waals surface area contributed by atoms with Gasteiger partial charge < -0.3 is 15.5 Å². The van der Waals surface area contributed by atoms with E-state index in [0.717, 1.165) is 27.8 Å². The number of benzene rings is 2. The third-order valence-electron chi connectivity index (χ3n) is 3.63. The maximum absolute atomic E-state index is 9.58. The molecule has 0 fully saturated rings. The number of rotatable bonds is 3. The highest BCUT2D eigenvalue weighted by molar-refractivity contribution is 5.86. The third-order valence-corrected chi connectivity index (χ3v) is 3.63. The standard InChI is InChI=1S/C17H15N3O/c1-21-13-6-7-17-14(8-13)16(10-20-17)15(9-18)11-2-4-12(19)5-3-11/h2-8,10,15,20H,19H2,1H3. The molecule has 1 heterocycles. The molecule has 3 N–H and O–H groups in total. The molecule has 1 atom stereocenters. The van der Waals surface area contributed by atoms with Crippen LogP contribution < -0.4 is 10.5 Å². The van der Waals surface area contributed by atoms with Gasteiger partial charge in [0, 0.05) is 22.8 Å². The molecule has 104 valence electrons. The van der Waals surface area contributed by atoms with Crippen molar-refractivity contribution >= 4 is 16.6 Å². The van der Waals surface area contributed by atoms with Crippen LogP contribution in [0.3, 0.4) is 0 Å². The topological polar surface area (TPSA) is 74.8 Å². The number of nitrogens with one attached hydrogen (secondary N) is 1. The van der Waals surface area contributed by atoms with Crippen LogP contribution in [-0.4, -0.2) is 12.1 Å². The molecule has 0 aliphatic heterocycles. The third kappa shape index (κ3) is 2.30. The first-order valence-electron chi connectivity index (χ1n) is 6.63. The molecule has 0 spiro atoms. The van der Waals surface area contributed by atoms with E-state index in [1.165, 1.54) is 0 Å². The number of nitriles is 1. The number of anilines is 1. The van der Waals surface area contributed by atoms with Crippen molar-refractivity contribution in [1.82, 2.24) is 4.98 Å². The number of ether oxygens (including phenoxy) is 1. The predicted molar refractivity (Wildman–Crippen MR) is 83.2 cm³/mol. The lowest BCUT2D eigenvalue weighted by molar-refractivity contribution is 0.415. The summed E-state index contributed by atoms with van der Waals surface area (Å²) in [6.07, 6.45) is 1.88. The number of hydrogen-bond acceptors (Lipinski definition) is 3. The van der Waals surface area contributed by atoms with Gasteiger partial charge in [-0.1, -0.05) is 12.1 Å². The van der Waals surface area contributed by atoms with Gasteiger partial charge in [0.15, 0.2) is 0 Å². The molecule has 4 nitrogen and oxygen atoms in total. The van der Waals surface area contributed by atoms with E-state index in [4.69, 9.17) is 10.5 Å². The Balaban J connectivity index is 2.13. The second-order valence-electron chi connectivity index (χ2n) is 4.88. The molecule has 21 heavy (non-hydrogen) atoms. The molecule has 0 aliphatic carbocycles. The van der Waals surface area contributed by atoms with Gasteiger partial charge in [-0.05, 0) is 41.5 Å². The van der Waals surface area contributed by atoms with Gasteiger partial charge in [-0.25, -0.2) is 0 Å². The van der Waals surface area contributed by atoms with E-state index >= 15 is 0 Å². The number of hydrogen-bond donors (Lipinski definition) is 2. The second kappa shape index (κ2) is 5.22. The van der Waals surface area contributed by atoms with E-state index < -0.39 is 0 Å². The lowest BCUT2D eigenvalue weighted by atomic mass is 9.92. The summed E-state index contributed by atoms with van der Waals surface area (Å²) in [7, 11) is 1.63. The summed E-state index contributed by atoms with van der Waals surface area (Å²) in [6, 6.07) is 15.6. The van der Waals surface area contributed by atoms with Crippen molar-refractivity contribution in [2.75, 3.05) is 12.8 Å². The van der Waals surface area contributed by atoms with Crippen LogP contribution in [0, 0.1) is 11.3 Å². The van der Waals surface area contributed by atoms with Crippen LogP contribution in [0.25, 0.3) is 10.9 Å². The minimum absolute atomic E-state index is 0.341. The first-order valence-corrected chi connectivity index (χ1v) is 6.63. The van der Waals surface area contributed by atoms with Crippen LogP contribution in [0.5, 0.6) is 5.75 Å². The molecule has 0 saturated carbocycles. The quantitative estimate of drug-likeness (QED) is 0.720. The highest BCUT2D eigenvalue weighted by Gasteiger charge is 2.17. The van der Waals surface area contributed by atoms with Crippen molar-refractivity contribution in [2.45, 2.75) is 5.92 Å². The van der Waals surface area contributed by atoms with Crippen LogP contribution in [0.4, 0.5) is 5.69 Å². The zero-order valence-electron chi connectivity index (χ0n) is 11.6. The molecule has 1 aromatic heterocycles. The Labute approximate surface area is 122 Å². The minimum Gasteiger partial charge on any atom is -0.497 e. The summed E-state index contributed by atoms with van der Waals surface area (Å²) in [4.78, 5) is 3.20. The fourth-order valence-corrected chi connectivity index (χ4v) is 2.50. The molecular weight excluding hydrogens is 262 g/mol. The van der Waals surface area contributed by atoms with Gasteiger partial charge in [-0.15, -0.1) is 0 Å². The Morgan fingerprint density at radius 1 is 1.19 bits per heavy atom. The first kappa shape index (κ1) is 13.1. The Morgan fingerprint density at radius 3 is 2.62 bits per heavy atom. The molecule has 4 heteroatoms. The van der Waals surface area contributed by atoms with E-state index in [1.807, 2.05) is 48.7 Å². The van der Waals surface area contributed by atoms with Crippen LogP contribution in [0.1, 0.15) is 17.0 Å². The molecular formula is C17H15N3O. The lowest BCUT2D eigenvalue weighted by Gasteiger charge is -2.09. The highest BCUT2D eigenvalue weighted by Crippen LogP contribution is 2.32. The average Bonchev–Trinajstić information content (AvgIpc) is 2.93. The minimum atomic E-state index is -0.341. The fourth-order valence-electron chi connectivity index (χ4n) is 2.50. The number of methoxy groups -OCH3 is 1. The summed E-state index contributed by atoms with van der Waals surface area (Å²) >= 11 is 0. The van der Waals surface area contributed by atoms with E-state index in [0.29, 0.717) is 5.69 Å². The lowest BCUT2D eigenvalue weighted by Crippen LogP contribution is -1.98. The molecule has 3 rings (SSSR count). The van der Waals surface area contributed by atoms with Gasteiger partial charge in [0.05, 0.1) is 19.1 Å². The number of aromatic nitrogens is 1. The average molecular weight is 277 g/mol. The van der Waals surface area contributed by atoms with Crippen molar-refractivity contribution in [3.05, 3.63) is 59.8 Å². The normalized spacial score (nSPS) is 12.0. The molecule has 0 amide bonds. The van der Waals surface area contributed by atoms with Crippen molar-refractivity contribution in [1.29, 1.82) is 5.26 Å². The molecule has 0 aliphatic rings. The number of nitrogen functional groups attached to an aromatic ring is 1. The highest BCUT2D eigenvalue weighted by atomic mass is 16.5. The van der Waals surface area contributed by atoms with Gasteiger partial charge >= 0.3 is 0 Å². The maximum atomic E-state index is 9.58. The maximum Gasteiger partial charge on any atom is 0.119 e. The van der Waals surface area contributed by atoms with Crippen molar-refractivity contribution in [3.8, 4) is 11.8 Å². The van der Waals surface area contributed by atoms with Crippen LogP contribution in [0.2, 0.25) is 0 Å². The molecule has 0 saturated heterocycles. The summed E-state index contributed by atoms with van der Waals surface area (Å²) in [6.45, 7) is 0. The molecule has 1 unspecified atom stereocenters.